The summed E-state index contributed by atoms with van der Waals surface area (Å²) in [5.74, 6) is -1.68. The molecule has 8 nitrogen and oxygen atoms in total. The van der Waals surface area contributed by atoms with E-state index in [0.29, 0.717) is 4.34 Å². The van der Waals surface area contributed by atoms with Crippen molar-refractivity contribution in [1.82, 2.24) is 9.13 Å². The number of esters is 1. The number of carbonyl (C=O) groups is 2. The highest BCUT2D eigenvalue weighted by Crippen LogP contribution is 2.22. The summed E-state index contributed by atoms with van der Waals surface area (Å²) in [6, 6.07) is 3.00. The third-order valence-corrected chi connectivity index (χ3v) is 4.73. The molecule has 2 aromatic rings. The van der Waals surface area contributed by atoms with Crippen molar-refractivity contribution in [3.63, 3.8) is 0 Å². The number of ether oxygens (including phenoxy) is 1. The summed E-state index contributed by atoms with van der Waals surface area (Å²) in [6.07, 6.45) is 0. The van der Waals surface area contributed by atoms with Crippen molar-refractivity contribution in [2.75, 3.05) is 12.3 Å². The van der Waals surface area contributed by atoms with Gasteiger partial charge in [0.15, 0.2) is 6.61 Å². The number of thiophene rings is 1. The van der Waals surface area contributed by atoms with E-state index in [0.717, 1.165) is 15.9 Å². The molecule has 2 rings (SSSR count). The number of nitrogens with two attached hydrogens (primary N) is 1. The summed E-state index contributed by atoms with van der Waals surface area (Å²) < 4.78 is 7.31. The molecule has 26 heavy (non-hydrogen) atoms. The molecule has 0 unspecified atom stereocenters. The maximum absolute atomic E-state index is 12.4. The monoisotopic (exact) mass is 399 g/mol. The maximum atomic E-state index is 12.4. The summed E-state index contributed by atoms with van der Waals surface area (Å²) in [4.78, 5) is 49.1. The van der Waals surface area contributed by atoms with Crippen molar-refractivity contribution in [2.45, 2.75) is 20.4 Å². The number of ketones is 1. The first-order chi connectivity index (χ1) is 12.1. The number of aromatic nitrogens is 2. The molecular formula is C16H18ClN3O5S. The van der Waals surface area contributed by atoms with Crippen LogP contribution in [0.15, 0.2) is 21.7 Å². The first-order valence-electron chi connectivity index (χ1n) is 7.68. The quantitative estimate of drug-likeness (QED) is 0.582. The highest BCUT2D eigenvalue weighted by Gasteiger charge is 2.23. The molecule has 0 fully saturated rings. The molecular weight excluding hydrogens is 382 g/mol. The van der Waals surface area contributed by atoms with Crippen LogP contribution in [0.25, 0.3) is 0 Å². The molecule has 0 radical (unpaired) electrons. The second-order valence-corrected chi connectivity index (χ2v) is 7.73. The van der Waals surface area contributed by atoms with Crippen LogP contribution >= 0.6 is 22.9 Å². The van der Waals surface area contributed by atoms with E-state index in [1.165, 1.54) is 23.7 Å². The van der Waals surface area contributed by atoms with Crippen molar-refractivity contribution in [2.24, 2.45) is 13.0 Å². The zero-order valence-electron chi connectivity index (χ0n) is 14.4. The molecule has 0 spiro atoms. The molecule has 140 valence electrons. The average Bonchev–Trinajstić information content (AvgIpc) is 3.01. The van der Waals surface area contributed by atoms with Gasteiger partial charge in [0.1, 0.15) is 16.3 Å². The first kappa shape index (κ1) is 19.9. The molecule has 2 N–H and O–H groups in total. The summed E-state index contributed by atoms with van der Waals surface area (Å²) >= 11 is 6.75. The lowest BCUT2D eigenvalue weighted by molar-refractivity contribution is 0.0479. The zero-order chi connectivity index (χ0) is 19.6. The van der Waals surface area contributed by atoms with Gasteiger partial charge in [0.05, 0.1) is 4.34 Å². The predicted octanol–water partition coefficient (Wildman–Crippen LogP) is 1.54. The molecule has 0 aliphatic carbocycles. The molecule has 0 bridgehead atoms. The van der Waals surface area contributed by atoms with E-state index in [9.17, 15) is 19.2 Å². The number of nitrogen functional groups attached to an aromatic ring is 1. The number of halogens is 1. The first-order valence-corrected chi connectivity index (χ1v) is 8.87. The minimum Gasteiger partial charge on any atom is -0.453 e. The molecule has 2 heterocycles. The standard InChI is InChI=1S/C16H18ClN3O5S/c1-8(2)6-20-13(18)12(14(22)19(3)16(20)24)9(21)7-25-15(23)10-4-5-11(17)26-10/h4-5,8H,6-7,18H2,1-3H3. The Hall–Kier alpha value is -2.39. The van der Waals surface area contributed by atoms with Gasteiger partial charge < -0.3 is 10.5 Å². The average molecular weight is 400 g/mol. The van der Waals surface area contributed by atoms with Crippen molar-refractivity contribution in [1.29, 1.82) is 0 Å². The van der Waals surface area contributed by atoms with Gasteiger partial charge in [-0.25, -0.2) is 9.59 Å². The van der Waals surface area contributed by atoms with Gasteiger partial charge in [0.2, 0.25) is 5.78 Å². The molecule has 0 atom stereocenters. The molecule has 0 aliphatic heterocycles. The number of hydrogen-bond acceptors (Lipinski definition) is 7. The number of hydrogen-bond donors (Lipinski definition) is 1. The van der Waals surface area contributed by atoms with Crippen LogP contribution in [-0.2, 0) is 18.3 Å². The summed E-state index contributed by atoms with van der Waals surface area (Å²) in [5.41, 5.74) is 4.09. The van der Waals surface area contributed by atoms with Crippen LogP contribution in [-0.4, -0.2) is 27.5 Å². The molecule has 2 aromatic heterocycles. The number of carbonyl (C=O) groups excluding carboxylic acids is 2. The fourth-order valence-corrected chi connectivity index (χ4v) is 3.22. The van der Waals surface area contributed by atoms with E-state index in [1.807, 2.05) is 13.8 Å². The van der Waals surface area contributed by atoms with E-state index in [-0.39, 0.29) is 28.7 Å². The normalized spacial score (nSPS) is 11.0. The van der Waals surface area contributed by atoms with Crippen LogP contribution in [0.5, 0.6) is 0 Å². The van der Waals surface area contributed by atoms with Crippen LogP contribution in [0.3, 0.4) is 0 Å². The van der Waals surface area contributed by atoms with Crippen molar-refractivity contribution >= 4 is 40.5 Å². The zero-order valence-corrected chi connectivity index (χ0v) is 16.0. The molecule has 10 heteroatoms. The Kier molecular flexibility index (Phi) is 6.04. The van der Waals surface area contributed by atoms with Crippen LogP contribution in [0.1, 0.15) is 33.9 Å². The lowest BCUT2D eigenvalue weighted by Gasteiger charge is -2.16. The molecule has 0 aliphatic rings. The maximum Gasteiger partial charge on any atom is 0.348 e. The lowest BCUT2D eigenvalue weighted by Crippen LogP contribution is -2.43. The van der Waals surface area contributed by atoms with Gasteiger partial charge in [-0.15, -0.1) is 11.3 Å². The van der Waals surface area contributed by atoms with Crippen LogP contribution < -0.4 is 17.0 Å². The topological polar surface area (TPSA) is 113 Å². The van der Waals surface area contributed by atoms with Gasteiger partial charge in [-0.05, 0) is 18.1 Å². The Morgan fingerprint density at radius 2 is 1.96 bits per heavy atom. The SMILES string of the molecule is CC(C)Cn1c(N)c(C(=O)COC(=O)c2ccc(Cl)s2)c(=O)n(C)c1=O. The number of anilines is 1. The second-order valence-electron chi connectivity index (χ2n) is 6.01. The van der Waals surface area contributed by atoms with Gasteiger partial charge in [0.25, 0.3) is 5.56 Å². The van der Waals surface area contributed by atoms with Gasteiger partial charge in [0, 0.05) is 13.6 Å². The van der Waals surface area contributed by atoms with E-state index >= 15 is 0 Å². The van der Waals surface area contributed by atoms with Crippen molar-refractivity contribution < 1.29 is 14.3 Å². The third kappa shape index (κ3) is 4.05. The van der Waals surface area contributed by atoms with Crippen LogP contribution in [0.2, 0.25) is 4.34 Å². The molecule has 0 amide bonds. The highest BCUT2D eigenvalue weighted by atomic mass is 35.5. The second kappa shape index (κ2) is 7.88. The minimum atomic E-state index is -0.826. The molecule has 0 saturated carbocycles. The Morgan fingerprint density at radius 3 is 2.50 bits per heavy atom. The Balaban J connectivity index is 2.31. The third-order valence-electron chi connectivity index (χ3n) is 3.52. The largest absolute Gasteiger partial charge is 0.453 e. The Morgan fingerprint density at radius 1 is 1.31 bits per heavy atom. The fourth-order valence-electron chi connectivity index (χ4n) is 2.29. The predicted molar refractivity (Wildman–Crippen MR) is 99.1 cm³/mol. The number of Topliss-reactive ketones (excluding diaryl/α,β-unsaturated/α-hetero) is 1. The van der Waals surface area contributed by atoms with Crippen LogP contribution in [0, 0.1) is 5.92 Å². The van der Waals surface area contributed by atoms with E-state index in [2.05, 4.69) is 0 Å². The molecule has 0 aromatic carbocycles. The van der Waals surface area contributed by atoms with E-state index in [4.69, 9.17) is 22.1 Å². The van der Waals surface area contributed by atoms with Gasteiger partial charge in [-0.3, -0.25) is 18.7 Å². The van der Waals surface area contributed by atoms with Crippen molar-refractivity contribution in [3.8, 4) is 0 Å². The summed E-state index contributed by atoms with van der Waals surface area (Å²) in [6.45, 7) is 3.30. The smallest absolute Gasteiger partial charge is 0.348 e. The van der Waals surface area contributed by atoms with E-state index in [1.54, 1.807) is 0 Å². The lowest BCUT2D eigenvalue weighted by atomic mass is 10.1. The highest BCUT2D eigenvalue weighted by molar-refractivity contribution is 7.17. The number of nitrogens with zero attached hydrogens (tertiary/aromatic N) is 2. The van der Waals surface area contributed by atoms with Gasteiger partial charge in [-0.2, -0.15) is 0 Å². The van der Waals surface area contributed by atoms with Gasteiger partial charge >= 0.3 is 11.7 Å². The molecule has 0 saturated heterocycles. The summed E-state index contributed by atoms with van der Waals surface area (Å²) in [5, 5.41) is 0. The van der Waals surface area contributed by atoms with E-state index < -0.39 is 29.6 Å². The number of rotatable bonds is 6. The fraction of sp³-hybridized carbons (Fsp3) is 0.375. The minimum absolute atomic E-state index is 0.0665. The van der Waals surface area contributed by atoms with Crippen LogP contribution in [0.4, 0.5) is 5.82 Å². The van der Waals surface area contributed by atoms with Gasteiger partial charge in [-0.1, -0.05) is 25.4 Å². The van der Waals surface area contributed by atoms with Crippen molar-refractivity contribution in [3.05, 3.63) is 47.7 Å². The Bertz CT molecular complexity index is 973. The summed E-state index contributed by atoms with van der Waals surface area (Å²) in [7, 11) is 1.26. The Labute approximate surface area is 157 Å².